The molecule has 0 aliphatic carbocycles. The van der Waals surface area contributed by atoms with Gasteiger partial charge < -0.3 is 5.32 Å². The van der Waals surface area contributed by atoms with E-state index in [2.05, 4.69) is 23.3 Å². The Kier molecular flexibility index (Phi) is 5.57. The number of halogens is 3. The van der Waals surface area contributed by atoms with Gasteiger partial charge in [0.05, 0.1) is 10.7 Å². The minimum Gasteiger partial charge on any atom is -0.304 e. The van der Waals surface area contributed by atoms with E-state index in [1.807, 2.05) is 13.0 Å². The molecule has 1 aromatic heterocycles. The third-order valence-corrected chi connectivity index (χ3v) is 4.06. The molecule has 0 fully saturated rings. The summed E-state index contributed by atoms with van der Waals surface area (Å²) in [7, 11) is 0. The van der Waals surface area contributed by atoms with E-state index in [4.69, 9.17) is 23.2 Å². The zero-order chi connectivity index (χ0) is 15.4. The van der Waals surface area contributed by atoms with Gasteiger partial charge in [0, 0.05) is 23.8 Å². The highest BCUT2D eigenvalue weighted by molar-refractivity contribution is 6.35. The van der Waals surface area contributed by atoms with E-state index in [-0.39, 0.29) is 11.1 Å². The maximum Gasteiger partial charge on any atom is 0.142 e. The molecule has 0 radical (unpaired) electrons. The van der Waals surface area contributed by atoms with E-state index in [9.17, 15) is 4.39 Å². The van der Waals surface area contributed by atoms with Crippen molar-refractivity contribution in [3.05, 3.63) is 63.1 Å². The zero-order valence-electron chi connectivity index (χ0n) is 12.0. The second-order valence-corrected chi connectivity index (χ2v) is 5.67. The molecule has 1 N–H and O–H groups in total. The minimum atomic E-state index is -0.461. The van der Waals surface area contributed by atoms with Crippen molar-refractivity contribution in [3.8, 4) is 0 Å². The molecule has 0 spiro atoms. The summed E-state index contributed by atoms with van der Waals surface area (Å²) in [6.45, 7) is 4.63. The van der Waals surface area contributed by atoms with Crippen molar-refractivity contribution in [2.75, 3.05) is 0 Å². The number of pyridine rings is 1. The monoisotopic (exact) mass is 326 g/mol. The van der Waals surface area contributed by atoms with Gasteiger partial charge in [0.15, 0.2) is 0 Å². The number of benzene rings is 1. The summed E-state index contributed by atoms with van der Waals surface area (Å²) in [5, 5.41) is 3.81. The second-order valence-electron chi connectivity index (χ2n) is 4.85. The van der Waals surface area contributed by atoms with Crippen molar-refractivity contribution in [3.63, 3.8) is 0 Å². The molecular formula is C16H17Cl2FN2. The lowest BCUT2D eigenvalue weighted by Gasteiger charge is -2.17. The number of nitrogens with one attached hydrogen (secondary N) is 1. The first-order valence-electron chi connectivity index (χ1n) is 6.83. The van der Waals surface area contributed by atoms with Gasteiger partial charge in [-0.15, -0.1) is 0 Å². The Bertz CT molecular complexity index is 632. The Labute approximate surface area is 134 Å². The molecule has 1 atom stereocenters. The van der Waals surface area contributed by atoms with Crippen LogP contribution in [0.1, 0.15) is 36.7 Å². The standard InChI is InChI=1S/C16H17Cl2FN2/c1-3-11-5-4-6-20-16(11)9-21-10(2)12-7-15(19)14(18)8-13(12)17/h4-8,10,21H,3,9H2,1-2H3. The van der Waals surface area contributed by atoms with Gasteiger partial charge in [-0.2, -0.15) is 0 Å². The molecule has 0 saturated carbocycles. The second kappa shape index (κ2) is 7.21. The molecule has 0 bridgehead atoms. The molecule has 1 aromatic carbocycles. The largest absolute Gasteiger partial charge is 0.304 e. The fourth-order valence-electron chi connectivity index (χ4n) is 2.18. The van der Waals surface area contributed by atoms with Crippen LogP contribution in [-0.2, 0) is 13.0 Å². The third kappa shape index (κ3) is 3.94. The van der Waals surface area contributed by atoms with Crippen LogP contribution in [-0.4, -0.2) is 4.98 Å². The van der Waals surface area contributed by atoms with Crippen molar-refractivity contribution >= 4 is 23.2 Å². The van der Waals surface area contributed by atoms with Crippen LogP contribution < -0.4 is 5.32 Å². The number of aromatic nitrogens is 1. The van der Waals surface area contributed by atoms with E-state index >= 15 is 0 Å². The average molecular weight is 327 g/mol. The summed E-state index contributed by atoms with van der Waals surface area (Å²) < 4.78 is 13.6. The van der Waals surface area contributed by atoms with Crippen LogP contribution in [0.2, 0.25) is 10.0 Å². The Morgan fingerprint density at radius 3 is 2.76 bits per heavy atom. The third-order valence-electron chi connectivity index (χ3n) is 3.45. The lowest BCUT2D eigenvalue weighted by Crippen LogP contribution is -2.20. The highest BCUT2D eigenvalue weighted by atomic mass is 35.5. The fourth-order valence-corrected chi connectivity index (χ4v) is 2.73. The molecule has 21 heavy (non-hydrogen) atoms. The molecule has 0 aliphatic heterocycles. The van der Waals surface area contributed by atoms with Gasteiger partial charge in [0.2, 0.25) is 0 Å². The van der Waals surface area contributed by atoms with Crippen LogP contribution in [0.4, 0.5) is 4.39 Å². The molecule has 5 heteroatoms. The molecule has 1 unspecified atom stereocenters. The van der Waals surface area contributed by atoms with Crippen molar-refractivity contribution in [2.24, 2.45) is 0 Å². The van der Waals surface area contributed by atoms with Gasteiger partial charge in [0.1, 0.15) is 5.82 Å². The first kappa shape index (κ1) is 16.2. The molecule has 2 aromatic rings. The Morgan fingerprint density at radius 2 is 2.05 bits per heavy atom. The Morgan fingerprint density at radius 1 is 1.29 bits per heavy atom. The van der Waals surface area contributed by atoms with E-state index in [0.29, 0.717) is 17.1 Å². The first-order chi connectivity index (χ1) is 10.0. The smallest absolute Gasteiger partial charge is 0.142 e. The van der Waals surface area contributed by atoms with Crippen molar-refractivity contribution < 1.29 is 4.39 Å². The summed E-state index contributed by atoms with van der Waals surface area (Å²) in [6.07, 6.45) is 2.70. The molecule has 1 heterocycles. The van der Waals surface area contributed by atoms with E-state index in [1.165, 1.54) is 17.7 Å². The maximum atomic E-state index is 13.6. The Balaban J connectivity index is 2.12. The molecule has 0 amide bonds. The summed E-state index contributed by atoms with van der Waals surface area (Å²) in [4.78, 5) is 4.38. The van der Waals surface area contributed by atoms with Gasteiger partial charge in [-0.3, -0.25) is 4.98 Å². The number of hydrogen-bond acceptors (Lipinski definition) is 2. The predicted octanol–water partition coefficient (Wildman–Crippen LogP) is 4.94. The van der Waals surface area contributed by atoms with Crippen LogP contribution in [0.5, 0.6) is 0 Å². The summed E-state index contributed by atoms with van der Waals surface area (Å²) >= 11 is 11.8. The van der Waals surface area contributed by atoms with Crippen LogP contribution >= 0.6 is 23.2 Å². The zero-order valence-corrected chi connectivity index (χ0v) is 13.5. The SMILES string of the molecule is CCc1cccnc1CNC(C)c1cc(F)c(Cl)cc1Cl. The molecule has 0 aliphatic rings. The number of aryl methyl sites for hydroxylation is 1. The summed E-state index contributed by atoms with van der Waals surface area (Å²) in [5.41, 5.74) is 2.88. The molecule has 2 nitrogen and oxygen atoms in total. The van der Waals surface area contributed by atoms with E-state index in [1.54, 1.807) is 6.20 Å². The average Bonchev–Trinajstić information content (AvgIpc) is 2.48. The Hall–Kier alpha value is -1.16. The maximum absolute atomic E-state index is 13.6. The minimum absolute atomic E-state index is 0.0361. The highest BCUT2D eigenvalue weighted by Crippen LogP contribution is 2.28. The van der Waals surface area contributed by atoms with Gasteiger partial charge in [-0.25, -0.2) is 4.39 Å². The van der Waals surface area contributed by atoms with Crippen LogP contribution in [0.25, 0.3) is 0 Å². The van der Waals surface area contributed by atoms with Crippen molar-refractivity contribution in [1.29, 1.82) is 0 Å². The summed E-state index contributed by atoms with van der Waals surface area (Å²) in [5.74, 6) is -0.461. The van der Waals surface area contributed by atoms with Crippen molar-refractivity contribution in [1.82, 2.24) is 10.3 Å². The van der Waals surface area contributed by atoms with Gasteiger partial charge in [0.25, 0.3) is 0 Å². The van der Waals surface area contributed by atoms with Crippen LogP contribution in [0.3, 0.4) is 0 Å². The normalized spacial score (nSPS) is 12.4. The topological polar surface area (TPSA) is 24.9 Å². The molecular weight excluding hydrogens is 310 g/mol. The van der Waals surface area contributed by atoms with Crippen molar-refractivity contribution in [2.45, 2.75) is 32.9 Å². The van der Waals surface area contributed by atoms with Crippen LogP contribution in [0, 0.1) is 5.82 Å². The summed E-state index contributed by atoms with van der Waals surface area (Å²) in [6, 6.07) is 6.70. The van der Waals surface area contributed by atoms with Gasteiger partial charge in [-0.1, -0.05) is 36.2 Å². The lowest BCUT2D eigenvalue weighted by atomic mass is 10.1. The number of nitrogens with zero attached hydrogens (tertiary/aromatic N) is 1. The lowest BCUT2D eigenvalue weighted by molar-refractivity contribution is 0.557. The van der Waals surface area contributed by atoms with Gasteiger partial charge >= 0.3 is 0 Å². The highest BCUT2D eigenvalue weighted by Gasteiger charge is 2.13. The van der Waals surface area contributed by atoms with E-state index in [0.717, 1.165) is 12.1 Å². The van der Waals surface area contributed by atoms with Gasteiger partial charge in [-0.05, 0) is 42.7 Å². The molecule has 2 rings (SSSR count). The fraction of sp³-hybridized carbons (Fsp3) is 0.312. The quantitative estimate of drug-likeness (QED) is 0.787. The van der Waals surface area contributed by atoms with Crippen LogP contribution in [0.15, 0.2) is 30.5 Å². The predicted molar refractivity (Wildman–Crippen MR) is 85.3 cm³/mol. The number of rotatable bonds is 5. The van der Waals surface area contributed by atoms with E-state index < -0.39 is 5.82 Å². The number of hydrogen-bond donors (Lipinski definition) is 1. The molecule has 112 valence electrons. The molecule has 0 saturated heterocycles. The first-order valence-corrected chi connectivity index (χ1v) is 7.59.